The van der Waals surface area contributed by atoms with E-state index in [1.54, 1.807) is 0 Å². The van der Waals surface area contributed by atoms with Crippen LogP contribution in [0.2, 0.25) is 0 Å². The molecule has 0 atom stereocenters. The molecule has 126 valence electrons. The summed E-state index contributed by atoms with van der Waals surface area (Å²) in [4.78, 5) is 17.2. The summed E-state index contributed by atoms with van der Waals surface area (Å²) in [7, 11) is 0. The number of carboxylic acids is 1. The fourth-order valence-corrected chi connectivity index (χ4v) is 3.34. The van der Waals surface area contributed by atoms with Crippen molar-refractivity contribution in [3.05, 3.63) is 90.0 Å². The molecule has 0 spiro atoms. The molecule has 0 aliphatic carbocycles. The molecule has 0 aliphatic rings. The Labute approximate surface area is 151 Å². The van der Waals surface area contributed by atoms with Gasteiger partial charge in [-0.25, -0.2) is 9.78 Å². The van der Waals surface area contributed by atoms with Gasteiger partial charge in [-0.05, 0) is 18.1 Å². The van der Waals surface area contributed by atoms with Crippen LogP contribution < -0.4 is 0 Å². The minimum Gasteiger partial charge on any atom is -0.478 e. The van der Waals surface area contributed by atoms with Gasteiger partial charge in [0.2, 0.25) is 0 Å². The van der Waals surface area contributed by atoms with E-state index in [1.807, 2.05) is 85.8 Å². The lowest BCUT2D eigenvalue weighted by Crippen LogP contribution is -2.05. The molecule has 1 heterocycles. The Bertz CT molecular complexity index is 1100. The average molecular weight is 339 g/mol. The highest BCUT2D eigenvalue weighted by atomic mass is 16.4. The maximum absolute atomic E-state index is 12.3. The Kier molecular flexibility index (Phi) is 3.98. The van der Waals surface area contributed by atoms with E-state index in [2.05, 4.69) is 0 Å². The third kappa shape index (κ3) is 2.64. The summed E-state index contributed by atoms with van der Waals surface area (Å²) in [6.45, 7) is 1.96. The van der Waals surface area contributed by atoms with Gasteiger partial charge in [0.1, 0.15) is 0 Å². The molecule has 0 radical (unpaired) electrons. The van der Waals surface area contributed by atoms with Gasteiger partial charge < -0.3 is 5.11 Å². The van der Waals surface area contributed by atoms with Crippen LogP contribution in [-0.4, -0.2) is 16.1 Å². The highest BCUT2D eigenvalue weighted by Gasteiger charge is 2.22. The second-order valence-electron chi connectivity index (χ2n) is 6.22. The fraction of sp³-hybridized carbons (Fsp3) is 0.0435. The van der Waals surface area contributed by atoms with E-state index in [1.165, 1.54) is 0 Å². The van der Waals surface area contributed by atoms with Crippen molar-refractivity contribution in [2.75, 3.05) is 0 Å². The number of para-hydroxylation sites is 1. The molecule has 3 heteroatoms. The minimum atomic E-state index is -0.945. The van der Waals surface area contributed by atoms with E-state index in [-0.39, 0.29) is 0 Å². The van der Waals surface area contributed by atoms with Gasteiger partial charge in [-0.2, -0.15) is 0 Å². The first-order chi connectivity index (χ1) is 12.7. The first-order valence-electron chi connectivity index (χ1n) is 8.44. The number of rotatable bonds is 3. The van der Waals surface area contributed by atoms with Crippen molar-refractivity contribution in [2.24, 2.45) is 0 Å². The lowest BCUT2D eigenvalue weighted by atomic mass is 9.91. The molecule has 4 aromatic rings. The Balaban J connectivity index is 2.21. The van der Waals surface area contributed by atoms with E-state index in [0.29, 0.717) is 22.2 Å². The molecule has 1 aromatic heterocycles. The normalized spacial score (nSPS) is 10.8. The van der Waals surface area contributed by atoms with Crippen LogP contribution >= 0.6 is 0 Å². The zero-order valence-electron chi connectivity index (χ0n) is 14.3. The Morgan fingerprint density at radius 3 is 2.04 bits per heavy atom. The molecule has 0 saturated heterocycles. The van der Waals surface area contributed by atoms with E-state index < -0.39 is 5.97 Å². The van der Waals surface area contributed by atoms with E-state index in [4.69, 9.17) is 4.98 Å². The number of aryl methyl sites for hydroxylation is 1. The summed E-state index contributed by atoms with van der Waals surface area (Å²) in [6, 6.07) is 25.0. The fourth-order valence-electron chi connectivity index (χ4n) is 3.34. The summed E-state index contributed by atoms with van der Waals surface area (Å²) in [5.41, 5.74) is 5.08. The van der Waals surface area contributed by atoms with Gasteiger partial charge in [0, 0.05) is 16.5 Å². The van der Waals surface area contributed by atoms with Crippen LogP contribution in [0.3, 0.4) is 0 Å². The lowest BCUT2D eigenvalue weighted by molar-refractivity contribution is 0.0700. The number of pyridine rings is 1. The van der Waals surface area contributed by atoms with Gasteiger partial charge in [0.05, 0.1) is 16.8 Å². The van der Waals surface area contributed by atoms with Crippen molar-refractivity contribution in [3.63, 3.8) is 0 Å². The van der Waals surface area contributed by atoms with E-state index >= 15 is 0 Å². The van der Waals surface area contributed by atoms with Gasteiger partial charge >= 0.3 is 5.97 Å². The summed E-state index contributed by atoms with van der Waals surface area (Å²) >= 11 is 0. The third-order valence-corrected chi connectivity index (χ3v) is 4.54. The predicted octanol–water partition coefficient (Wildman–Crippen LogP) is 5.58. The van der Waals surface area contributed by atoms with Gasteiger partial charge in [-0.3, -0.25) is 0 Å². The van der Waals surface area contributed by atoms with Crippen molar-refractivity contribution >= 4 is 16.9 Å². The highest BCUT2D eigenvalue weighted by Crippen LogP contribution is 2.38. The predicted molar refractivity (Wildman–Crippen MR) is 104 cm³/mol. The lowest BCUT2D eigenvalue weighted by Gasteiger charge is -2.16. The van der Waals surface area contributed by atoms with Gasteiger partial charge in [-0.1, -0.05) is 78.9 Å². The molecular weight excluding hydrogens is 322 g/mol. The van der Waals surface area contributed by atoms with Crippen LogP contribution in [0.4, 0.5) is 0 Å². The minimum absolute atomic E-state index is 0.295. The maximum Gasteiger partial charge on any atom is 0.337 e. The zero-order valence-corrected chi connectivity index (χ0v) is 14.3. The molecule has 4 rings (SSSR count). The van der Waals surface area contributed by atoms with Gasteiger partial charge in [0.15, 0.2) is 0 Å². The second kappa shape index (κ2) is 6.45. The molecular formula is C23H17NO2. The zero-order chi connectivity index (χ0) is 18.1. The molecule has 26 heavy (non-hydrogen) atoms. The Morgan fingerprint density at radius 1 is 0.808 bits per heavy atom. The van der Waals surface area contributed by atoms with E-state index in [9.17, 15) is 9.90 Å². The van der Waals surface area contributed by atoms with Crippen LogP contribution in [0.15, 0.2) is 78.9 Å². The standard InChI is InChI=1S/C23H17NO2/c1-15-9-8-14-18-20(23(25)26)19(16-10-4-2-5-11-16)22(24-21(15)18)17-12-6-3-7-13-17/h2-14H,1H3,(H,25,26). The molecule has 3 nitrogen and oxygen atoms in total. The number of carbonyl (C=O) groups is 1. The van der Waals surface area contributed by atoms with E-state index in [0.717, 1.165) is 22.2 Å². The number of hydrogen-bond acceptors (Lipinski definition) is 2. The Morgan fingerprint density at radius 2 is 1.42 bits per heavy atom. The largest absolute Gasteiger partial charge is 0.478 e. The number of aromatic nitrogens is 1. The SMILES string of the molecule is Cc1cccc2c(C(=O)O)c(-c3ccccc3)c(-c3ccccc3)nc12. The van der Waals surface area contributed by atoms with Crippen LogP contribution in [0.5, 0.6) is 0 Å². The highest BCUT2D eigenvalue weighted by molar-refractivity contribution is 6.12. The molecule has 0 fully saturated rings. The van der Waals surface area contributed by atoms with Crippen LogP contribution in [0, 0.1) is 6.92 Å². The van der Waals surface area contributed by atoms with Crippen molar-refractivity contribution < 1.29 is 9.90 Å². The van der Waals surface area contributed by atoms with Crippen molar-refractivity contribution in [1.82, 2.24) is 4.98 Å². The third-order valence-electron chi connectivity index (χ3n) is 4.54. The van der Waals surface area contributed by atoms with Gasteiger partial charge in [-0.15, -0.1) is 0 Å². The number of nitrogens with zero attached hydrogens (tertiary/aromatic N) is 1. The summed E-state index contributed by atoms with van der Waals surface area (Å²) in [5.74, 6) is -0.945. The topological polar surface area (TPSA) is 50.2 Å². The van der Waals surface area contributed by atoms with Gasteiger partial charge in [0.25, 0.3) is 0 Å². The molecule has 0 bridgehead atoms. The number of fused-ring (bicyclic) bond motifs is 1. The van der Waals surface area contributed by atoms with Crippen LogP contribution in [0.25, 0.3) is 33.3 Å². The first kappa shape index (κ1) is 16.0. The van der Waals surface area contributed by atoms with Crippen molar-refractivity contribution in [2.45, 2.75) is 6.92 Å². The Hall–Kier alpha value is -3.46. The summed E-state index contributed by atoms with van der Waals surface area (Å²) in [6.07, 6.45) is 0. The number of benzene rings is 3. The number of hydrogen-bond donors (Lipinski definition) is 1. The molecule has 0 unspecified atom stereocenters. The second-order valence-corrected chi connectivity index (χ2v) is 6.22. The summed E-state index contributed by atoms with van der Waals surface area (Å²) in [5, 5.41) is 10.7. The quantitative estimate of drug-likeness (QED) is 0.530. The monoisotopic (exact) mass is 339 g/mol. The molecule has 3 aromatic carbocycles. The van der Waals surface area contributed by atoms with Crippen LogP contribution in [-0.2, 0) is 0 Å². The molecule has 0 aliphatic heterocycles. The molecule has 0 amide bonds. The maximum atomic E-state index is 12.3. The smallest absolute Gasteiger partial charge is 0.337 e. The number of aromatic carboxylic acids is 1. The number of carboxylic acid groups (broad SMARTS) is 1. The first-order valence-corrected chi connectivity index (χ1v) is 8.44. The van der Waals surface area contributed by atoms with Crippen molar-refractivity contribution in [3.8, 4) is 22.4 Å². The van der Waals surface area contributed by atoms with Crippen LogP contribution in [0.1, 0.15) is 15.9 Å². The average Bonchev–Trinajstić information content (AvgIpc) is 2.68. The summed E-state index contributed by atoms with van der Waals surface area (Å²) < 4.78 is 0. The molecule has 1 N–H and O–H groups in total. The molecule has 0 saturated carbocycles. The van der Waals surface area contributed by atoms with Crippen molar-refractivity contribution in [1.29, 1.82) is 0 Å².